The van der Waals surface area contributed by atoms with Crippen LogP contribution in [0.1, 0.15) is 17.3 Å². The molecule has 1 fully saturated rings. The Hall–Kier alpha value is -0.980. The van der Waals surface area contributed by atoms with E-state index in [2.05, 4.69) is 15.9 Å². The van der Waals surface area contributed by atoms with E-state index >= 15 is 0 Å². The van der Waals surface area contributed by atoms with E-state index in [1.807, 2.05) is 6.92 Å². The first-order valence-electron chi connectivity index (χ1n) is 6.02. The van der Waals surface area contributed by atoms with Crippen molar-refractivity contribution in [2.24, 2.45) is 0 Å². The number of hydrogen-bond donors (Lipinski definition) is 1. The van der Waals surface area contributed by atoms with Crippen LogP contribution in [0.3, 0.4) is 0 Å². The zero-order valence-corrected chi connectivity index (χ0v) is 12.1. The average Bonchev–Trinajstić information content (AvgIpc) is 2.37. The molecule has 0 saturated carbocycles. The van der Waals surface area contributed by atoms with Crippen LogP contribution in [0.5, 0.6) is 0 Å². The number of rotatable bonds is 2. The van der Waals surface area contributed by atoms with Gasteiger partial charge in [0.05, 0.1) is 24.4 Å². The lowest BCUT2D eigenvalue weighted by Gasteiger charge is -2.36. The summed E-state index contributed by atoms with van der Waals surface area (Å²) >= 11 is 3.19. The Labute approximate surface area is 119 Å². The Kier molecular flexibility index (Phi) is 4.54. The van der Waals surface area contributed by atoms with Gasteiger partial charge in [-0.3, -0.25) is 4.79 Å². The molecular formula is C13H15BrFNO3. The van der Waals surface area contributed by atoms with Crippen molar-refractivity contribution in [3.63, 3.8) is 0 Å². The highest BCUT2D eigenvalue weighted by molar-refractivity contribution is 9.10. The number of aliphatic hydroxyl groups excluding tert-OH is 1. The van der Waals surface area contributed by atoms with E-state index in [-0.39, 0.29) is 24.8 Å². The fourth-order valence-corrected chi connectivity index (χ4v) is 2.68. The molecule has 0 aliphatic carbocycles. The molecule has 19 heavy (non-hydrogen) atoms. The predicted molar refractivity (Wildman–Crippen MR) is 71.4 cm³/mol. The molecule has 1 saturated heterocycles. The molecule has 0 bridgehead atoms. The summed E-state index contributed by atoms with van der Waals surface area (Å²) in [5, 5.41) is 9.14. The van der Waals surface area contributed by atoms with Crippen LogP contribution in [0.15, 0.2) is 22.7 Å². The van der Waals surface area contributed by atoms with E-state index in [0.29, 0.717) is 11.0 Å². The van der Waals surface area contributed by atoms with E-state index in [0.717, 1.165) is 0 Å². The van der Waals surface area contributed by atoms with Crippen molar-refractivity contribution in [3.8, 4) is 0 Å². The smallest absolute Gasteiger partial charge is 0.258 e. The van der Waals surface area contributed by atoms with Crippen molar-refractivity contribution in [2.75, 3.05) is 19.7 Å². The highest BCUT2D eigenvalue weighted by atomic mass is 79.9. The van der Waals surface area contributed by atoms with Crippen LogP contribution in [0.25, 0.3) is 0 Å². The third-order valence-electron chi connectivity index (χ3n) is 2.99. The van der Waals surface area contributed by atoms with Gasteiger partial charge >= 0.3 is 0 Å². The average molecular weight is 332 g/mol. The molecule has 1 amide bonds. The van der Waals surface area contributed by atoms with Crippen molar-refractivity contribution in [1.29, 1.82) is 0 Å². The number of halogens is 2. The number of hydrogen-bond acceptors (Lipinski definition) is 3. The van der Waals surface area contributed by atoms with Crippen LogP contribution >= 0.6 is 15.9 Å². The largest absolute Gasteiger partial charge is 0.394 e. The number of carbonyl (C=O) groups is 1. The highest BCUT2D eigenvalue weighted by Gasteiger charge is 2.30. The molecule has 1 aromatic carbocycles. The predicted octanol–water partition coefficient (Wildman–Crippen LogP) is 1.81. The summed E-state index contributed by atoms with van der Waals surface area (Å²) in [6.07, 6.45) is -0.598. The summed E-state index contributed by atoms with van der Waals surface area (Å²) in [7, 11) is 0. The number of nitrogens with zero attached hydrogens (tertiary/aromatic N) is 1. The molecule has 4 nitrogen and oxygen atoms in total. The molecule has 1 N–H and O–H groups in total. The van der Waals surface area contributed by atoms with E-state index in [1.54, 1.807) is 6.07 Å². The Morgan fingerprint density at radius 2 is 2.32 bits per heavy atom. The first-order valence-corrected chi connectivity index (χ1v) is 6.81. The van der Waals surface area contributed by atoms with Gasteiger partial charge < -0.3 is 14.7 Å². The molecule has 0 spiro atoms. The van der Waals surface area contributed by atoms with Gasteiger partial charge in [-0.2, -0.15) is 0 Å². The van der Waals surface area contributed by atoms with Crippen molar-refractivity contribution >= 4 is 21.8 Å². The molecule has 0 aromatic heterocycles. The summed E-state index contributed by atoms with van der Waals surface area (Å²) in [5.41, 5.74) is 0.0216. The van der Waals surface area contributed by atoms with Gasteiger partial charge in [-0.25, -0.2) is 4.39 Å². The Morgan fingerprint density at radius 1 is 1.58 bits per heavy atom. The summed E-state index contributed by atoms with van der Waals surface area (Å²) in [5.74, 6) is -0.947. The van der Waals surface area contributed by atoms with Gasteiger partial charge in [-0.1, -0.05) is 6.07 Å². The van der Waals surface area contributed by atoms with Crippen LogP contribution < -0.4 is 0 Å². The van der Waals surface area contributed by atoms with Gasteiger partial charge in [-0.15, -0.1) is 0 Å². The second-order valence-corrected chi connectivity index (χ2v) is 5.41. The Balaban J connectivity index is 2.24. The third-order valence-corrected chi connectivity index (χ3v) is 3.65. The minimum atomic E-state index is -0.556. The highest BCUT2D eigenvalue weighted by Crippen LogP contribution is 2.23. The second-order valence-electron chi connectivity index (χ2n) is 4.56. The number of amides is 1. The molecule has 1 aliphatic rings. The van der Waals surface area contributed by atoms with E-state index in [1.165, 1.54) is 17.0 Å². The molecule has 2 unspecified atom stereocenters. The quantitative estimate of drug-likeness (QED) is 0.899. The first kappa shape index (κ1) is 14.4. The molecule has 1 heterocycles. The lowest BCUT2D eigenvalue weighted by molar-refractivity contribution is -0.0859. The van der Waals surface area contributed by atoms with Gasteiger partial charge in [0.15, 0.2) is 0 Å². The molecule has 2 atom stereocenters. The van der Waals surface area contributed by atoms with Crippen molar-refractivity contribution in [1.82, 2.24) is 4.90 Å². The van der Waals surface area contributed by atoms with Crippen molar-refractivity contribution in [2.45, 2.75) is 19.1 Å². The lowest BCUT2D eigenvalue weighted by Crippen LogP contribution is -2.50. The summed E-state index contributed by atoms with van der Waals surface area (Å²) in [4.78, 5) is 13.9. The van der Waals surface area contributed by atoms with Crippen LogP contribution in [0, 0.1) is 5.82 Å². The fourth-order valence-electron chi connectivity index (χ4n) is 2.17. The van der Waals surface area contributed by atoms with Crippen molar-refractivity contribution in [3.05, 3.63) is 34.1 Å². The SMILES string of the molecule is CC1CN(C(=O)c2c(F)cccc2Br)CC(CO)O1. The minimum absolute atomic E-state index is 0.0216. The number of morpholine rings is 1. The van der Waals surface area contributed by atoms with Gasteiger partial charge in [0.2, 0.25) is 0 Å². The van der Waals surface area contributed by atoms with Gasteiger partial charge in [0.1, 0.15) is 5.82 Å². The zero-order chi connectivity index (χ0) is 14.0. The van der Waals surface area contributed by atoms with Gasteiger partial charge in [0.25, 0.3) is 5.91 Å². The Morgan fingerprint density at radius 3 is 2.95 bits per heavy atom. The summed E-state index contributed by atoms with van der Waals surface area (Å²) in [6, 6.07) is 4.42. The molecule has 0 radical (unpaired) electrons. The molecule has 1 aliphatic heterocycles. The third kappa shape index (κ3) is 3.13. The van der Waals surface area contributed by atoms with Crippen LogP contribution in [-0.2, 0) is 4.74 Å². The van der Waals surface area contributed by atoms with Crippen LogP contribution in [-0.4, -0.2) is 47.8 Å². The topological polar surface area (TPSA) is 49.8 Å². The molecule has 2 rings (SSSR count). The van der Waals surface area contributed by atoms with Crippen LogP contribution in [0.2, 0.25) is 0 Å². The van der Waals surface area contributed by atoms with Crippen molar-refractivity contribution < 1.29 is 19.0 Å². The van der Waals surface area contributed by atoms with E-state index in [4.69, 9.17) is 9.84 Å². The van der Waals surface area contributed by atoms with Gasteiger partial charge in [0, 0.05) is 17.6 Å². The molecule has 6 heteroatoms. The second kappa shape index (κ2) is 5.98. The fraction of sp³-hybridized carbons (Fsp3) is 0.462. The number of ether oxygens (including phenoxy) is 1. The maximum Gasteiger partial charge on any atom is 0.258 e. The normalized spacial score (nSPS) is 23.5. The summed E-state index contributed by atoms with van der Waals surface area (Å²) < 4.78 is 19.7. The molecular weight excluding hydrogens is 317 g/mol. The standard InChI is InChI=1S/C13H15BrFNO3/c1-8-5-16(6-9(7-17)19-8)13(18)12-10(14)3-2-4-11(12)15/h2-4,8-9,17H,5-7H2,1H3. The van der Waals surface area contributed by atoms with Gasteiger partial charge in [-0.05, 0) is 35.0 Å². The number of aliphatic hydroxyl groups is 1. The molecule has 1 aromatic rings. The summed E-state index contributed by atoms with van der Waals surface area (Å²) in [6.45, 7) is 2.31. The zero-order valence-electron chi connectivity index (χ0n) is 10.5. The molecule has 104 valence electrons. The first-order chi connectivity index (χ1) is 9.02. The Bertz CT molecular complexity index is 463. The maximum absolute atomic E-state index is 13.8. The number of carbonyl (C=O) groups excluding carboxylic acids is 1. The number of benzene rings is 1. The van der Waals surface area contributed by atoms with E-state index in [9.17, 15) is 9.18 Å². The maximum atomic E-state index is 13.8. The minimum Gasteiger partial charge on any atom is -0.394 e. The monoisotopic (exact) mass is 331 g/mol. The van der Waals surface area contributed by atoms with E-state index < -0.39 is 17.8 Å². The van der Waals surface area contributed by atoms with Crippen LogP contribution in [0.4, 0.5) is 4.39 Å². The lowest BCUT2D eigenvalue weighted by atomic mass is 10.1.